The highest BCUT2D eigenvalue weighted by Gasteiger charge is 2.21. The fourth-order valence-electron chi connectivity index (χ4n) is 6.53. The van der Waals surface area contributed by atoms with Gasteiger partial charge in [-0.2, -0.15) is 0 Å². The van der Waals surface area contributed by atoms with E-state index in [9.17, 15) is 0 Å². The summed E-state index contributed by atoms with van der Waals surface area (Å²) >= 11 is 8.39. The summed E-state index contributed by atoms with van der Waals surface area (Å²) < 4.78 is 36.6. The Kier molecular flexibility index (Phi) is 16.0. The molecule has 14 nitrogen and oxygen atoms in total. The molecule has 0 saturated carbocycles. The van der Waals surface area contributed by atoms with Crippen molar-refractivity contribution in [2.45, 2.75) is 92.5 Å². The molecule has 1 aliphatic heterocycles. The Morgan fingerprint density at radius 1 is 0.762 bits per heavy atom. The van der Waals surface area contributed by atoms with Crippen molar-refractivity contribution in [3.8, 4) is 40.2 Å². The summed E-state index contributed by atoms with van der Waals surface area (Å²) in [5.74, 6) is 4.33. The summed E-state index contributed by atoms with van der Waals surface area (Å²) in [4.78, 5) is 16.7. The number of rotatable bonds is 16. The Bertz CT molecular complexity index is 2420. The minimum Gasteiger partial charge on any atom is -0.491 e. The lowest BCUT2D eigenvalue weighted by molar-refractivity contribution is 0.0322. The third-order valence-corrected chi connectivity index (χ3v) is 10.3. The molecule has 1 saturated heterocycles. The summed E-state index contributed by atoms with van der Waals surface area (Å²) in [6.45, 7) is 26.3. The average Bonchev–Trinajstić information content (AvgIpc) is 3.88. The minimum absolute atomic E-state index is 0.300. The number of morpholine rings is 1. The number of ether oxygens (including phenoxy) is 6. The lowest BCUT2D eigenvalue weighted by Crippen LogP contribution is -2.38. The van der Waals surface area contributed by atoms with Crippen LogP contribution in [0.2, 0.25) is 5.02 Å². The standard InChI is InChI=1S/C25H33ClN4O3S.C22H30N4O3/c1-16(2)27-24-29-19(15-34-24)18-14-21(33-25(3,4)5)17-6-7-20(22(26)23(17)28-18)32-13-10-30-8-11-31-12-9-30;1-15(2)23-20-9-10-26(25-20)21-14-19(29-22(3,4)5)17-8-7-16(13-18(17)24-21)28-12-11-27-6/h6-7,14-16H,8-13H2,1-5H3,(H,27,29);7-10,13-15H,11-12H2,1-6H3,(H,23,25). The number of nitrogens with zero attached hydrogens (tertiary/aromatic N) is 6. The van der Waals surface area contributed by atoms with Gasteiger partial charge in [-0.1, -0.05) is 11.6 Å². The molecule has 0 bridgehead atoms. The summed E-state index contributed by atoms with van der Waals surface area (Å²) in [6, 6.07) is 16.1. The van der Waals surface area contributed by atoms with E-state index >= 15 is 0 Å². The Balaban J connectivity index is 0.000000213. The molecule has 0 aliphatic carbocycles. The molecular weight excluding hydrogens is 840 g/mol. The molecule has 2 aromatic carbocycles. The predicted molar refractivity (Wildman–Crippen MR) is 255 cm³/mol. The number of thiazole rings is 1. The van der Waals surface area contributed by atoms with Crippen LogP contribution in [0.3, 0.4) is 0 Å². The monoisotopic (exact) mass is 902 g/mol. The third-order valence-electron chi connectivity index (χ3n) is 9.17. The molecule has 4 aromatic heterocycles. The zero-order valence-corrected chi connectivity index (χ0v) is 40.1. The second-order valence-electron chi connectivity index (χ2n) is 17.8. The van der Waals surface area contributed by atoms with E-state index < -0.39 is 0 Å². The molecule has 0 spiro atoms. The number of hydrogen-bond donors (Lipinski definition) is 2. The highest BCUT2D eigenvalue weighted by atomic mass is 35.5. The molecule has 1 fully saturated rings. The maximum absolute atomic E-state index is 6.83. The highest BCUT2D eigenvalue weighted by molar-refractivity contribution is 7.14. The van der Waals surface area contributed by atoms with E-state index in [1.54, 1.807) is 23.1 Å². The van der Waals surface area contributed by atoms with E-state index in [-0.39, 0.29) is 11.2 Å². The fourth-order valence-corrected chi connectivity index (χ4v) is 7.64. The van der Waals surface area contributed by atoms with Gasteiger partial charge in [0.2, 0.25) is 0 Å². The normalized spacial score (nSPS) is 13.6. The lowest BCUT2D eigenvalue weighted by Gasteiger charge is -2.26. The zero-order chi connectivity index (χ0) is 45.3. The number of aromatic nitrogens is 5. The van der Waals surface area contributed by atoms with Gasteiger partial charge in [0.05, 0.1) is 36.5 Å². The molecular formula is C47H63ClN8O6S. The third kappa shape index (κ3) is 13.8. The van der Waals surface area contributed by atoms with E-state index in [1.807, 2.05) is 102 Å². The highest BCUT2D eigenvalue weighted by Crippen LogP contribution is 2.40. The van der Waals surface area contributed by atoms with Crippen molar-refractivity contribution in [1.82, 2.24) is 29.6 Å². The first-order valence-electron chi connectivity index (χ1n) is 21.5. The van der Waals surface area contributed by atoms with Crippen molar-refractivity contribution < 1.29 is 28.4 Å². The zero-order valence-electron chi connectivity index (χ0n) is 38.5. The first-order valence-corrected chi connectivity index (χ1v) is 22.8. The molecule has 5 heterocycles. The van der Waals surface area contributed by atoms with E-state index in [4.69, 9.17) is 55.0 Å². The average molecular weight is 904 g/mol. The summed E-state index contributed by atoms with van der Waals surface area (Å²) in [5, 5.41) is 16.3. The Morgan fingerprint density at radius 3 is 2.14 bits per heavy atom. The number of fused-ring (bicyclic) bond motifs is 2. The van der Waals surface area contributed by atoms with Gasteiger partial charge >= 0.3 is 0 Å². The van der Waals surface area contributed by atoms with Gasteiger partial charge in [0.15, 0.2) is 10.9 Å². The Hall–Kier alpha value is -4.93. The van der Waals surface area contributed by atoms with E-state index in [0.29, 0.717) is 59.7 Å². The SMILES string of the molecule is CC(C)Nc1nc(-c2cc(OC(C)(C)C)c3ccc(OCCN4CCOCC4)c(Cl)c3n2)cs1.COCCOc1ccc2c(OC(C)(C)C)cc(-n3ccc(NC(C)C)n3)nc2c1. The number of nitrogens with one attached hydrogen (secondary N) is 2. The van der Waals surface area contributed by atoms with Crippen LogP contribution >= 0.6 is 22.9 Å². The van der Waals surface area contributed by atoms with Crippen LogP contribution in [0.1, 0.15) is 69.2 Å². The van der Waals surface area contributed by atoms with Gasteiger partial charge in [-0.05, 0) is 93.5 Å². The molecule has 1 aliphatic rings. The Morgan fingerprint density at radius 2 is 1.46 bits per heavy atom. The van der Waals surface area contributed by atoms with Crippen molar-refractivity contribution in [2.75, 3.05) is 70.4 Å². The number of methoxy groups -OCH3 is 1. The molecule has 340 valence electrons. The molecule has 0 atom stereocenters. The van der Waals surface area contributed by atoms with E-state index in [1.165, 1.54) is 0 Å². The second-order valence-corrected chi connectivity index (χ2v) is 19.0. The van der Waals surface area contributed by atoms with Gasteiger partial charge in [0, 0.05) is 85.4 Å². The van der Waals surface area contributed by atoms with Crippen LogP contribution < -0.4 is 29.6 Å². The number of halogens is 1. The van der Waals surface area contributed by atoms with Gasteiger partial charge in [-0.15, -0.1) is 16.4 Å². The quantitative estimate of drug-likeness (QED) is 0.0892. The van der Waals surface area contributed by atoms with Crippen molar-refractivity contribution in [3.05, 3.63) is 65.1 Å². The van der Waals surface area contributed by atoms with Crippen LogP contribution in [0.5, 0.6) is 23.0 Å². The largest absolute Gasteiger partial charge is 0.491 e. The molecule has 63 heavy (non-hydrogen) atoms. The maximum atomic E-state index is 6.83. The molecule has 7 rings (SSSR count). The van der Waals surface area contributed by atoms with Crippen LogP contribution in [0.4, 0.5) is 10.9 Å². The number of hydrogen-bond acceptors (Lipinski definition) is 14. The molecule has 0 amide bonds. The first kappa shape index (κ1) is 47.5. The number of anilines is 2. The molecule has 0 unspecified atom stereocenters. The van der Waals surface area contributed by atoms with Crippen molar-refractivity contribution in [3.63, 3.8) is 0 Å². The number of benzene rings is 2. The summed E-state index contributed by atoms with van der Waals surface area (Å²) in [5.41, 5.74) is 2.21. The first-order chi connectivity index (χ1) is 29.9. The van der Waals surface area contributed by atoms with Crippen molar-refractivity contribution in [2.24, 2.45) is 0 Å². The molecule has 2 N–H and O–H groups in total. The molecule has 6 aromatic rings. The number of pyridine rings is 2. The van der Waals surface area contributed by atoms with Crippen molar-refractivity contribution in [1.29, 1.82) is 0 Å². The fraction of sp³-hybridized carbons (Fsp3) is 0.489. The molecule has 0 radical (unpaired) electrons. The van der Waals surface area contributed by atoms with E-state index in [0.717, 1.165) is 83.0 Å². The van der Waals surface area contributed by atoms with Crippen LogP contribution in [-0.4, -0.2) is 113 Å². The topological polar surface area (TPSA) is 139 Å². The van der Waals surface area contributed by atoms with Gasteiger partial charge in [0.1, 0.15) is 63.9 Å². The van der Waals surface area contributed by atoms with E-state index in [2.05, 4.69) is 48.3 Å². The smallest absolute Gasteiger partial charge is 0.183 e. The summed E-state index contributed by atoms with van der Waals surface area (Å²) in [7, 11) is 1.65. The van der Waals surface area contributed by atoms with Gasteiger partial charge in [0.25, 0.3) is 0 Å². The second kappa shape index (κ2) is 21.2. The maximum Gasteiger partial charge on any atom is 0.183 e. The Labute approximate surface area is 380 Å². The lowest BCUT2D eigenvalue weighted by atomic mass is 10.1. The molecule has 16 heteroatoms. The van der Waals surface area contributed by atoms with Gasteiger partial charge in [-0.25, -0.2) is 19.6 Å². The minimum atomic E-state index is -0.377. The van der Waals surface area contributed by atoms with Crippen LogP contribution in [0.25, 0.3) is 39.0 Å². The van der Waals surface area contributed by atoms with Crippen LogP contribution in [-0.2, 0) is 9.47 Å². The van der Waals surface area contributed by atoms with Crippen LogP contribution in [0, 0.1) is 0 Å². The van der Waals surface area contributed by atoms with Gasteiger partial charge < -0.3 is 39.1 Å². The van der Waals surface area contributed by atoms with Crippen LogP contribution in [0.15, 0.2) is 60.1 Å². The van der Waals surface area contributed by atoms with Gasteiger partial charge in [-0.3, -0.25) is 4.90 Å². The van der Waals surface area contributed by atoms with Crippen molar-refractivity contribution >= 4 is 55.7 Å². The predicted octanol–water partition coefficient (Wildman–Crippen LogP) is 10.2. The summed E-state index contributed by atoms with van der Waals surface area (Å²) in [6.07, 6.45) is 1.89.